The van der Waals surface area contributed by atoms with E-state index in [0.29, 0.717) is 5.41 Å². The minimum atomic E-state index is 0.284. The van der Waals surface area contributed by atoms with Crippen LogP contribution >= 0.6 is 0 Å². The van der Waals surface area contributed by atoms with E-state index in [0.717, 1.165) is 5.92 Å². The molecule has 1 saturated carbocycles. The third kappa shape index (κ3) is 31.2. The molecule has 0 heterocycles. The molecule has 0 saturated heterocycles. The molecule has 0 unspecified atom stereocenters. The normalized spacial score (nSPS) is 11.6. The standard InChI is InChI=1S/2C13H12.C11H16.2C8H10.C7H14.C7H8.C5H12/c1-11-6-5-9-13(10-11)12-7-3-2-4-8-12;1-11-7-9-13(10-8-11)12-5-3-2-4-6-12;1-9-6-5-7-10(8-9)11(2,3)4;1-7-3-5-8(2)6-4-7;1-7-4-3-5-8(2)6-7;2*1-7-5-3-2-4-6-7;1-5(2,3)4/h2*2-10H,1H3;5-8H,1-4H3;2*3-6H,1-2H3;7H,2-6H2,1H3;2-6H,1H3;1-4H3. The molecule has 0 radical (unpaired) electrons. The molecule has 0 heteroatoms. The van der Waals surface area contributed by atoms with Gasteiger partial charge in [-0.1, -0.05) is 344 Å². The van der Waals surface area contributed by atoms with Gasteiger partial charge in [-0.25, -0.2) is 0 Å². The van der Waals surface area contributed by atoms with Gasteiger partial charge < -0.3 is 0 Å². The Hall–Kier alpha value is -6.24. The van der Waals surface area contributed by atoms with Crippen LogP contribution in [-0.4, -0.2) is 0 Å². The molecule has 72 heavy (non-hydrogen) atoms. The van der Waals surface area contributed by atoms with E-state index < -0.39 is 0 Å². The van der Waals surface area contributed by atoms with Gasteiger partial charge in [0, 0.05) is 0 Å². The topological polar surface area (TPSA) is 0 Å². The quantitative estimate of drug-likeness (QED) is 0.162. The molecule has 0 spiro atoms. The smallest absolute Gasteiger partial charge is 0.0132 e. The van der Waals surface area contributed by atoms with Gasteiger partial charge in [0.2, 0.25) is 0 Å². The van der Waals surface area contributed by atoms with Crippen molar-refractivity contribution in [2.45, 2.75) is 148 Å². The predicted molar refractivity (Wildman–Crippen MR) is 323 cm³/mol. The van der Waals surface area contributed by atoms with E-state index in [1.807, 2.05) is 30.3 Å². The van der Waals surface area contributed by atoms with Crippen LogP contribution in [0.4, 0.5) is 0 Å². The average Bonchev–Trinajstić information content (AvgIpc) is 3.34. The Bertz CT molecular complexity index is 2520. The van der Waals surface area contributed by atoms with Crippen LogP contribution < -0.4 is 0 Å². The lowest BCUT2D eigenvalue weighted by Crippen LogP contribution is -2.10. The molecule has 0 amide bonds. The molecule has 0 aliphatic heterocycles. The lowest BCUT2D eigenvalue weighted by molar-refractivity contribution is 0.385. The van der Waals surface area contributed by atoms with Crippen LogP contribution in [0.25, 0.3) is 22.3 Å². The maximum absolute atomic E-state index is 2.36. The fourth-order valence-corrected chi connectivity index (χ4v) is 7.23. The van der Waals surface area contributed by atoms with Crippen molar-refractivity contribution in [3.63, 3.8) is 0 Å². The summed E-state index contributed by atoms with van der Waals surface area (Å²) in [6, 6.07) is 73.9. The number of aryl methyl sites for hydroxylation is 8. The fourth-order valence-electron chi connectivity index (χ4n) is 7.23. The van der Waals surface area contributed by atoms with Gasteiger partial charge in [0.1, 0.15) is 0 Å². The minimum Gasteiger partial charge on any atom is -0.0625 e. The van der Waals surface area contributed by atoms with Gasteiger partial charge in [-0.2, -0.15) is 0 Å². The van der Waals surface area contributed by atoms with Crippen molar-refractivity contribution in [2.24, 2.45) is 11.3 Å². The Labute approximate surface area is 442 Å². The van der Waals surface area contributed by atoms with Crippen molar-refractivity contribution in [1.29, 1.82) is 0 Å². The average molecular weight is 960 g/mol. The first-order chi connectivity index (χ1) is 34.1. The molecular weight excluding hydrogens is 865 g/mol. The van der Waals surface area contributed by atoms with Gasteiger partial charge in [0.05, 0.1) is 0 Å². The SMILES string of the molecule is CC(C)(C)C.CC1CCCCC1.Cc1ccc(-c2ccccc2)cc1.Cc1ccc(C)cc1.Cc1cccc(-c2ccccc2)c1.Cc1cccc(C(C)(C)C)c1.Cc1cccc(C)c1.Cc1ccccc1. The molecule has 382 valence electrons. The predicted octanol–water partition coefficient (Wildman–Crippen LogP) is 21.9. The van der Waals surface area contributed by atoms with E-state index >= 15 is 0 Å². The molecule has 0 aromatic heterocycles. The van der Waals surface area contributed by atoms with Crippen LogP contribution in [0.3, 0.4) is 0 Å². The van der Waals surface area contributed by atoms with Crippen LogP contribution in [0.5, 0.6) is 0 Å². The summed E-state index contributed by atoms with van der Waals surface area (Å²) in [4.78, 5) is 0. The number of hydrogen-bond donors (Lipinski definition) is 0. The summed E-state index contributed by atoms with van der Waals surface area (Å²) >= 11 is 0. The summed E-state index contributed by atoms with van der Waals surface area (Å²) in [7, 11) is 0. The van der Waals surface area contributed by atoms with Gasteiger partial charge in [-0.3, -0.25) is 0 Å². The second-order valence-electron chi connectivity index (χ2n) is 22.3. The second kappa shape index (κ2) is 34.2. The van der Waals surface area contributed by atoms with Crippen molar-refractivity contribution in [3.8, 4) is 22.3 Å². The van der Waals surface area contributed by atoms with Gasteiger partial charge >= 0.3 is 0 Å². The Morgan fingerprint density at radius 1 is 0.278 bits per heavy atom. The molecule has 0 nitrogen and oxygen atoms in total. The van der Waals surface area contributed by atoms with Crippen molar-refractivity contribution in [1.82, 2.24) is 0 Å². The maximum Gasteiger partial charge on any atom is -0.0132 e. The van der Waals surface area contributed by atoms with Crippen molar-refractivity contribution >= 4 is 0 Å². The zero-order chi connectivity index (χ0) is 53.4. The van der Waals surface area contributed by atoms with Gasteiger partial charge in [-0.05, 0) is 100.0 Å². The van der Waals surface area contributed by atoms with Crippen LogP contribution in [0.15, 0.2) is 212 Å². The van der Waals surface area contributed by atoms with E-state index in [1.165, 1.54) is 104 Å². The molecule has 8 aromatic carbocycles. The first-order valence-corrected chi connectivity index (χ1v) is 26.5. The van der Waals surface area contributed by atoms with Crippen LogP contribution in [0.2, 0.25) is 0 Å². The van der Waals surface area contributed by atoms with E-state index in [1.54, 1.807) is 0 Å². The van der Waals surface area contributed by atoms with Crippen molar-refractivity contribution in [2.75, 3.05) is 0 Å². The van der Waals surface area contributed by atoms with E-state index in [2.05, 4.69) is 293 Å². The number of rotatable bonds is 2. The molecular formula is C72H94. The highest BCUT2D eigenvalue weighted by molar-refractivity contribution is 5.64. The summed E-state index contributed by atoms with van der Waals surface area (Å²) in [5.41, 5.74) is 18.0. The van der Waals surface area contributed by atoms with E-state index in [9.17, 15) is 0 Å². The Kier molecular flexibility index (Phi) is 29.4. The molecule has 1 fully saturated rings. The fraction of sp³-hybridized carbons (Fsp3) is 0.333. The van der Waals surface area contributed by atoms with Crippen molar-refractivity contribution < 1.29 is 0 Å². The molecule has 1 aliphatic carbocycles. The Balaban J connectivity index is 0.000000287. The molecule has 0 atom stereocenters. The van der Waals surface area contributed by atoms with Crippen LogP contribution in [0.1, 0.15) is 138 Å². The zero-order valence-corrected chi connectivity index (χ0v) is 47.8. The third-order valence-corrected chi connectivity index (χ3v) is 11.4. The molecule has 9 rings (SSSR count). The molecule has 0 N–H and O–H groups in total. The molecule has 8 aromatic rings. The van der Waals surface area contributed by atoms with Gasteiger partial charge in [-0.15, -0.1) is 0 Å². The van der Waals surface area contributed by atoms with E-state index in [4.69, 9.17) is 0 Å². The molecule has 1 aliphatic rings. The largest absolute Gasteiger partial charge is 0.0625 e. The van der Waals surface area contributed by atoms with E-state index in [-0.39, 0.29) is 5.41 Å². The lowest BCUT2D eigenvalue weighted by Gasteiger charge is -2.19. The summed E-state index contributed by atoms with van der Waals surface area (Å²) in [6.45, 7) is 34.7. The third-order valence-electron chi connectivity index (χ3n) is 11.4. The highest BCUT2D eigenvalue weighted by Gasteiger charge is 2.12. The van der Waals surface area contributed by atoms with Gasteiger partial charge in [0.15, 0.2) is 0 Å². The molecule has 0 bridgehead atoms. The number of benzene rings is 8. The van der Waals surface area contributed by atoms with Gasteiger partial charge in [0.25, 0.3) is 0 Å². The highest BCUT2D eigenvalue weighted by atomic mass is 14.2. The number of hydrogen-bond acceptors (Lipinski definition) is 0. The summed E-state index contributed by atoms with van der Waals surface area (Å²) in [5, 5.41) is 0. The Morgan fingerprint density at radius 3 is 0.875 bits per heavy atom. The minimum absolute atomic E-state index is 0.284. The zero-order valence-electron chi connectivity index (χ0n) is 47.8. The van der Waals surface area contributed by atoms with Crippen LogP contribution in [-0.2, 0) is 5.41 Å². The summed E-state index contributed by atoms with van der Waals surface area (Å²) in [5.74, 6) is 1.04. The first-order valence-electron chi connectivity index (χ1n) is 26.5. The first kappa shape index (κ1) is 61.9. The second-order valence-corrected chi connectivity index (χ2v) is 22.3. The summed E-state index contributed by atoms with van der Waals surface area (Å²) in [6.07, 6.45) is 7.44. The highest BCUT2D eigenvalue weighted by Crippen LogP contribution is 2.24. The summed E-state index contributed by atoms with van der Waals surface area (Å²) < 4.78 is 0. The van der Waals surface area contributed by atoms with Crippen LogP contribution in [0, 0.1) is 66.7 Å². The monoisotopic (exact) mass is 959 g/mol. The lowest BCUT2D eigenvalue weighted by atomic mass is 9.86. The van der Waals surface area contributed by atoms with Crippen molar-refractivity contribution in [3.05, 3.63) is 262 Å². The maximum atomic E-state index is 2.36. The Morgan fingerprint density at radius 2 is 0.569 bits per heavy atom.